The fourth-order valence-electron chi connectivity index (χ4n) is 1.41. The standard InChI is InChI=1S/C13H18N4OS/c1-9-16-17-12(18-9)19-11-10(6-5-7-14-11)8-15-13(2,3)4/h5-7,15H,8H2,1-4H3. The molecule has 1 N–H and O–H groups in total. The first-order valence-corrected chi connectivity index (χ1v) is 6.92. The Hall–Kier alpha value is -1.40. The van der Waals surface area contributed by atoms with Crippen molar-refractivity contribution < 1.29 is 4.42 Å². The van der Waals surface area contributed by atoms with Gasteiger partial charge in [0.05, 0.1) is 0 Å². The molecule has 0 aromatic carbocycles. The molecule has 0 radical (unpaired) electrons. The van der Waals surface area contributed by atoms with E-state index in [9.17, 15) is 0 Å². The van der Waals surface area contributed by atoms with Crippen LogP contribution in [-0.4, -0.2) is 20.7 Å². The molecular weight excluding hydrogens is 260 g/mol. The van der Waals surface area contributed by atoms with Gasteiger partial charge in [-0.3, -0.25) is 0 Å². The molecule has 0 aliphatic carbocycles. The lowest BCUT2D eigenvalue weighted by atomic mass is 10.1. The van der Waals surface area contributed by atoms with Crippen LogP contribution in [0, 0.1) is 6.92 Å². The monoisotopic (exact) mass is 278 g/mol. The van der Waals surface area contributed by atoms with E-state index in [0.29, 0.717) is 11.1 Å². The first kappa shape index (κ1) is 14.0. The van der Waals surface area contributed by atoms with Crippen LogP contribution in [0.5, 0.6) is 0 Å². The van der Waals surface area contributed by atoms with E-state index in [2.05, 4.69) is 47.3 Å². The number of hydrogen-bond acceptors (Lipinski definition) is 6. The maximum atomic E-state index is 5.37. The Balaban J connectivity index is 2.12. The highest BCUT2D eigenvalue weighted by Gasteiger charge is 2.13. The third-order valence-corrected chi connectivity index (χ3v) is 3.25. The predicted molar refractivity (Wildman–Crippen MR) is 74.0 cm³/mol. The SMILES string of the molecule is Cc1nnc(Sc2ncccc2CNC(C)(C)C)o1. The first-order chi connectivity index (χ1) is 8.94. The summed E-state index contributed by atoms with van der Waals surface area (Å²) in [5.74, 6) is 0.563. The van der Waals surface area contributed by atoms with Crippen LogP contribution in [0.15, 0.2) is 33.0 Å². The third-order valence-electron chi connectivity index (χ3n) is 2.35. The van der Waals surface area contributed by atoms with E-state index in [0.717, 1.165) is 17.1 Å². The van der Waals surface area contributed by atoms with Crippen LogP contribution in [0.1, 0.15) is 32.2 Å². The largest absolute Gasteiger partial charge is 0.416 e. The molecule has 0 saturated heterocycles. The summed E-state index contributed by atoms with van der Waals surface area (Å²) in [7, 11) is 0. The van der Waals surface area contributed by atoms with Crippen molar-refractivity contribution in [1.29, 1.82) is 0 Å². The number of nitrogens with zero attached hydrogens (tertiary/aromatic N) is 3. The Kier molecular flexibility index (Phi) is 4.21. The third kappa shape index (κ3) is 4.33. The molecule has 0 saturated carbocycles. The van der Waals surface area contributed by atoms with Crippen molar-refractivity contribution in [1.82, 2.24) is 20.5 Å². The van der Waals surface area contributed by atoms with Gasteiger partial charge in [0.25, 0.3) is 5.22 Å². The second-order valence-electron chi connectivity index (χ2n) is 5.26. The molecular formula is C13H18N4OS. The molecule has 0 atom stereocenters. The van der Waals surface area contributed by atoms with E-state index >= 15 is 0 Å². The average Bonchev–Trinajstić information content (AvgIpc) is 2.73. The molecule has 0 bridgehead atoms. The Labute approximate surface area is 117 Å². The summed E-state index contributed by atoms with van der Waals surface area (Å²) >= 11 is 1.39. The van der Waals surface area contributed by atoms with Crippen LogP contribution in [0.3, 0.4) is 0 Å². The van der Waals surface area contributed by atoms with Gasteiger partial charge in [0, 0.05) is 25.2 Å². The quantitative estimate of drug-likeness (QED) is 0.927. The van der Waals surface area contributed by atoms with Gasteiger partial charge in [-0.1, -0.05) is 6.07 Å². The van der Waals surface area contributed by atoms with Crippen LogP contribution in [0.2, 0.25) is 0 Å². The van der Waals surface area contributed by atoms with E-state index in [1.165, 1.54) is 11.8 Å². The molecule has 5 nitrogen and oxygen atoms in total. The minimum atomic E-state index is 0.0683. The highest BCUT2D eigenvalue weighted by Crippen LogP contribution is 2.27. The zero-order valence-corrected chi connectivity index (χ0v) is 12.4. The Bertz CT molecular complexity index is 548. The van der Waals surface area contributed by atoms with Crippen molar-refractivity contribution in [3.8, 4) is 0 Å². The summed E-state index contributed by atoms with van der Waals surface area (Å²) in [5, 5.41) is 12.7. The topological polar surface area (TPSA) is 63.8 Å². The van der Waals surface area contributed by atoms with Crippen molar-refractivity contribution in [2.75, 3.05) is 0 Å². The van der Waals surface area contributed by atoms with Crippen molar-refractivity contribution >= 4 is 11.8 Å². The Morgan fingerprint density at radius 1 is 1.32 bits per heavy atom. The summed E-state index contributed by atoms with van der Waals surface area (Å²) < 4.78 is 5.37. The maximum absolute atomic E-state index is 5.37. The maximum Gasteiger partial charge on any atom is 0.282 e. The summed E-state index contributed by atoms with van der Waals surface area (Å²) in [6.45, 7) is 8.94. The molecule has 2 aromatic rings. The van der Waals surface area contributed by atoms with E-state index in [-0.39, 0.29) is 5.54 Å². The Morgan fingerprint density at radius 3 is 2.74 bits per heavy atom. The predicted octanol–water partition coefficient (Wildman–Crippen LogP) is 2.81. The van der Waals surface area contributed by atoms with Gasteiger partial charge in [-0.25, -0.2) is 4.98 Å². The van der Waals surface area contributed by atoms with Crippen LogP contribution in [0.25, 0.3) is 0 Å². The second kappa shape index (κ2) is 5.71. The molecule has 0 amide bonds. The van der Waals surface area contributed by atoms with E-state index in [1.54, 1.807) is 13.1 Å². The number of aryl methyl sites for hydroxylation is 1. The Morgan fingerprint density at radius 2 is 2.11 bits per heavy atom. The first-order valence-electron chi connectivity index (χ1n) is 6.11. The van der Waals surface area contributed by atoms with Crippen LogP contribution in [-0.2, 0) is 6.54 Å². The summed E-state index contributed by atoms with van der Waals surface area (Å²) in [6.07, 6.45) is 1.77. The minimum Gasteiger partial charge on any atom is -0.416 e. The van der Waals surface area contributed by atoms with Crippen molar-refractivity contribution in [3.63, 3.8) is 0 Å². The average molecular weight is 278 g/mol. The van der Waals surface area contributed by atoms with Gasteiger partial charge >= 0.3 is 0 Å². The van der Waals surface area contributed by atoms with Gasteiger partial charge in [-0.05, 0) is 44.2 Å². The molecule has 102 valence electrons. The highest BCUT2D eigenvalue weighted by molar-refractivity contribution is 7.99. The van der Waals surface area contributed by atoms with Gasteiger partial charge in [0.15, 0.2) is 0 Å². The summed E-state index contributed by atoms with van der Waals surface area (Å²) in [4.78, 5) is 4.38. The molecule has 2 aromatic heterocycles. The molecule has 6 heteroatoms. The fraction of sp³-hybridized carbons (Fsp3) is 0.462. The van der Waals surface area contributed by atoms with Crippen LogP contribution >= 0.6 is 11.8 Å². The van der Waals surface area contributed by atoms with Gasteiger partial charge in [0.2, 0.25) is 5.89 Å². The summed E-state index contributed by atoms with van der Waals surface area (Å²) in [5.41, 5.74) is 1.19. The van der Waals surface area contributed by atoms with Gasteiger partial charge < -0.3 is 9.73 Å². The molecule has 0 aliphatic rings. The zero-order valence-electron chi connectivity index (χ0n) is 11.6. The van der Waals surface area contributed by atoms with Gasteiger partial charge in [0.1, 0.15) is 5.03 Å². The molecule has 2 heterocycles. The number of nitrogens with one attached hydrogen (secondary N) is 1. The lowest BCUT2D eigenvalue weighted by molar-refractivity contribution is 0.420. The zero-order chi connectivity index (χ0) is 13.9. The lowest BCUT2D eigenvalue weighted by Gasteiger charge is -2.21. The van der Waals surface area contributed by atoms with Crippen molar-refractivity contribution in [2.45, 2.75) is 50.0 Å². The lowest BCUT2D eigenvalue weighted by Crippen LogP contribution is -2.35. The number of hydrogen-bond donors (Lipinski definition) is 1. The van der Waals surface area contributed by atoms with Crippen molar-refractivity contribution in [3.05, 3.63) is 29.8 Å². The summed E-state index contributed by atoms with van der Waals surface area (Å²) in [6, 6.07) is 3.99. The molecule has 0 aliphatic heterocycles. The van der Waals surface area contributed by atoms with Crippen molar-refractivity contribution in [2.24, 2.45) is 0 Å². The number of aromatic nitrogens is 3. The van der Waals surface area contributed by atoms with Crippen LogP contribution < -0.4 is 5.32 Å². The molecule has 0 fully saturated rings. The smallest absolute Gasteiger partial charge is 0.282 e. The second-order valence-corrected chi connectivity index (χ2v) is 6.20. The molecule has 0 spiro atoms. The van der Waals surface area contributed by atoms with E-state index in [4.69, 9.17) is 4.42 Å². The molecule has 0 unspecified atom stereocenters. The number of rotatable bonds is 4. The molecule has 2 rings (SSSR count). The van der Waals surface area contributed by atoms with Crippen LogP contribution in [0.4, 0.5) is 0 Å². The minimum absolute atomic E-state index is 0.0683. The normalized spacial score (nSPS) is 11.8. The highest BCUT2D eigenvalue weighted by atomic mass is 32.2. The fourth-order valence-corrected chi connectivity index (χ4v) is 2.21. The van der Waals surface area contributed by atoms with E-state index in [1.807, 2.05) is 6.07 Å². The van der Waals surface area contributed by atoms with Gasteiger partial charge in [-0.2, -0.15) is 0 Å². The number of pyridine rings is 1. The van der Waals surface area contributed by atoms with Gasteiger partial charge in [-0.15, -0.1) is 10.2 Å². The van der Waals surface area contributed by atoms with E-state index < -0.39 is 0 Å². The molecule has 19 heavy (non-hydrogen) atoms.